The maximum absolute atomic E-state index is 12.3. The number of nitrogens with two attached hydrogens (primary N) is 1. The Kier molecular flexibility index (Phi) is 5.11. The van der Waals surface area contributed by atoms with E-state index in [0.717, 1.165) is 38.9 Å². The van der Waals surface area contributed by atoms with Gasteiger partial charge in [0.15, 0.2) is 5.69 Å². The number of carbonyl (C=O) groups is 1. The molecule has 0 aromatic carbocycles. The number of likely N-dealkylation sites (tertiary alicyclic amines) is 1. The molecule has 1 saturated heterocycles. The fraction of sp³-hybridized carbons (Fsp3) is 0.786. The molecular formula is C14H25N5O. The predicted octanol–water partition coefficient (Wildman–Crippen LogP) is 1.14. The highest BCUT2D eigenvalue weighted by Gasteiger charge is 2.24. The Bertz CT molecular complexity index is 435. The molecule has 1 aliphatic rings. The SMILES string of the molecule is CC(C)CCn1cc(C(=O)N2CCC(CN)CC2)nn1. The van der Waals surface area contributed by atoms with Crippen LogP contribution in [0.5, 0.6) is 0 Å². The highest BCUT2D eigenvalue weighted by atomic mass is 16.2. The number of aromatic nitrogens is 3. The first-order valence-electron chi connectivity index (χ1n) is 7.49. The number of aryl methyl sites for hydroxylation is 1. The molecule has 20 heavy (non-hydrogen) atoms. The predicted molar refractivity (Wildman–Crippen MR) is 77.2 cm³/mol. The average Bonchev–Trinajstić information content (AvgIpc) is 2.93. The van der Waals surface area contributed by atoms with E-state index in [1.807, 2.05) is 4.90 Å². The number of rotatable bonds is 5. The quantitative estimate of drug-likeness (QED) is 0.876. The van der Waals surface area contributed by atoms with E-state index in [1.54, 1.807) is 10.9 Å². The van der Waals surface area contributed by atoms with Gasteiger partial charge in [0.25, 0.3) is 5.91 Å². The van der Waals surface area contributed by atoms with Crippen LogP contribution in [0.1, 0.15) is 43.6 Å². The molecule has 1 aromatic rings. The molecule has 1 aliphatic heterocycles. The highest BCUT2D eigenvalue weighted by molar-refractivity contribution is 5.91. The lowest BCUT2D eigenvalue weighted by Gasteiger charge is -2.30. The molecule has 0 aliphatic carbocycles. The average molecular weight is 279 g/mol. The van der Waals surface area contributed by atoms with Crippen molar-refractivity contribution >= 4 is 5.91 Å². The number of hydrogen-bond donors (Lipinski definition) is 1. The van der Waals surface area contributed by atoms with Crippen molar-refractivity contribution in [3.8, 4) is 0 Å². The molecule has 0 atom stereocenters. The van der Waals surface area contributed by atoms with Gasteiger partial charge >= 0.3 is 0 Å². The van der Waals surface area contributed by atoms with Crippen LogP contribution in [0.15, 0.2) is 6.20 Å². The Balaban J connectivity index is 1.89. The van der Waals surface area contributed by atoms with Crippen LogP contribution in [0.4, 0.5) is 0 Å². The topological polar surface area (TPSA) is 77.0 Å². The van der Waals surface area contributed by atoms with Crippen LogP contribution in [-0.2, 0) is 6.54 Å². The van der Waals surface area contributed by atoms with Crippen molar-refractivity contribution < 1.29 is 4.79 Å². The molecule has 2 N–H and O–H groups in total. The Hall–Kier alpha value is -1.43. The number of carbonyl (C=O) groups excluding carboxylic acids is 1. The summed E-state index contributed by atoms with van der Waals surface area (Å²) >= 11 is 0. The number of amides is 1. The zero-order valence-electron chi connectivity index (χ0n) is 12.5. The third-order valence-corrected chi connectivity index (χ3v) is 3.93. The van der Waals surface area contributed by atoms with Crippen LogP contribution in [0.3, 0.4) is 0 Å². The van der Waals surface area contributed by atoms with E-state index < -0.39 is 0 Å². The first kappa shape index (κ1) is 15.0. The van der Waals surface area contributed by atoms with Crippen molar-refractivity contribution in [2.45, 2.75) is 39.7 Å². The van der Waals surface area contributed by atoms with E-state index in [1.165, 1.54) is 0 Å². The molecule has 0 bridgehead atoms. The van der Waals surface area contributed by atoms with Gasteiger partial charge in [0.2, 0.25) is 0 Å². The Morgan fingerprint density at radius 2 is 2.15 bits per heavy atom. The molecule has 6 heteroatoms. The first-order chi connectivity index (χ1) is 9.60. The van der Waals surface area contributed by atoms with E-state index in [-0.39, 0.29) is 5.91 Å². The third kappa shape index (κ3) is 3.79. The molecule has 0 unspecified atom stereocenters. The van der Waals surface area contributed by atoms with Crippen LogP contribution in [0.25, 0.3) is 0 Å². The standard InChI is InChI=1S/C14H25N5O/c1-11(2)3-8-19-10-13(16-17-19)14(20)18-6-4-12(9-15)5-7-18/h10-12H,3-9,15H2,1-2H3. The largest absolute Gasteiger partial charge is 0.337 e. The lowest BCUT2D eigenvalue weighted by molar-refractivity contribution is 0.0687. The zero-order valence-corrected chi connectivity index (χ0v) is 12.5. The molecule has 1 amide bonds. The fourth-order valence-electron chi connectivity index (χ4n) is 2.43. The molecule has 2 heterocycles. The summed E-state index contributed by atoms with van der Waals surface area (Å²) in [4.78, 5) is 14.2. The summed E-state index contributed by atoms with van der Waals surface area (Å²) in [6, 6.07) is 0. The Labute approximate surface area is 120 Å². The van der Waals surface area contributed by atoms with Gasteiger partial charge in [-0.2, -0.15) is 0 Å². The van der Waals surface area contributed by atoms with Crippen molar-refractivity contribution in [3.63, 3.8) is 0 Å². The van der Waals surface area contributed by atoms with Crippen molar-refractivity contribution in [2.24, 2.45) is 17.6 Å². The van der Waals surface area contributed by atoms with Gasteiger partial charge in [-0.3, -0.25) is 9.48 Å². The molecule has 0 saturated carbocycles. The van der Waals surface area contributed by atoms with Gasteiger partial charge in [-0.25, -0.2) is 0 Å². The summed E-state index contributed by atoms with van der Waals surface area (Å²) < 4.78 is 1.76. The monoisotopic (exact) mass is 279 g/mol. The maximum atomic E-state index is 12.3. The van der Waals surface area contributed by atoms with Gasteiger partial charge in [-0.1, -0.05) is 19.1 Å². The lowest BCUT2D eigenvalue weighted by Crippen LogP contribution is -2.40. The Morgan fingerprint density at radius 1 is 1.45 bits per heavy atom. The van der Waals surface area contributed by atoms with E-state index in [9.17, 15) is 4.79 Å². The minimum Gasteiger partial charge on any atom is -0.337 e. The minimum atomic E-state index is -0.00346. The number of nitrogens with zero attached hydrogens (tertiary/aromatic N) is 4. The van der Waals surface area contributed by atoms with Crippen LogP contribution in [0.2, 0.25) is 0 Å². The van der Waals surface area contributed by atoms with Crippen molar-refractivity contribution in [3.05, 3.63) is 11.9 Å². The van der Waals surface area contributed by atoms with Gasteiger partial charge in [-0.15, -0.1) is 5.10 Å². The van der Waals surface area contributed by atoms with E-state index >= 15 is 0 Å². The molecule has 6 nitrogen and oxygen atoms in total. The van der Waals surface area contributed by atoms with E-state index in [0.29, 0.717) is 24.1 Å². The van der Waals surface area contributed by atoms with Crippen LogP contribution in [0, 0.1) is 11.8 Å². The molecule has 0 spiro atoms. The van der Waals surface area contributed by atoms with Crippen LogP contribution in [-0.4, -0.2) is 45.4 Å². The summed E-state index contributed by atoms with van der Waals surface area (Å²) in [7, 11) is 0. The summed E-state index contributed by atoms with van der Waals surface area (Å²) in [6.45, 7) is 7.43. The van der Waals surface area contributed by atoms with Crippen LogP contribution >= 0.6 is 0 Å². The van der Waals surface area contributed by atoms with Crippen molar-refractivity contribution in [1.29, 1.82) is 0 Å². The van der Waals surface area contributed by atoms with Crippen molar-refractivity contribution in [1.82, 2.24) is 19.9 Å². The second-order valence-electron chi connectivity index (χ2n) is 6.02. The van der Waals surface area contributed by atoms with Crippen LogP contribution < -0.4 is 5.73 Å². The van der Waals surface area contributed by atoms with E-state index in [4.69, 9.17) is 5.73 Å². The molecule has 0 radical (unpaired) electrons. The molecule has 112 valence electrons. The third-order valence-electron chi connectivity index (χ3n) is 3.93. The smallest absolute Gasteiger partial charge is 0.276 e. The summed E-state index contributed by atoms with van der Waals surface area (Å²) in [5.74, 6) is 1.17. The maximum Gasteiger partial charge on any atom is 0.276 e. The number of piperidine rings is 1. The van der Waals surface area contributed by atoms with E-state index in [2.05, 4.69) is 24.2 Å². The van der Waals surface area contributed by atoms with Gasteiger partial charge in [0, 0.05) is 19.6 Å². The molecule has 2 rings (SSSR count). The first-order valence-corrected chi connectivity index (χ1v) is 7.49. The summed E-state index contributed by atoms with van der Waals surface area (Å²) in [5, 5.41) is 8.04. The normalized spacial score (nSPS) is 16.9. The van der Waals surface area contributed by atoms with Crippen molar-refractivity contribution in [2.75, 3.05) is 19.6 Å². The molecule has 1 aromatic heterocycles. The molecule has 1 fully saturated rings. The highest BCUT2D eigenvalue weighted by Crippen LogP contribution is 2.17. The lowest BCUT2D eigenvalue weighted by atomic mass is 9.97. The molecular weight excluding hydrogens is 254 g/mol. The second kappa shape index (κ2) is 6.83. The zero-order chi connectivity index (χ0) is 14.5. The summed E-state index contributed by atoms with van der Waals surface area (Å²) in [6.07, 6.45) is 4.78. The fourth-order valence-corrected chi connectivity index (χ4v) is 2.43. The van der Waals surface area contributed by atoms with Gasteiger partial charge in [0.1, 0.15) is 0 Å². The Morgan fingerprint density at radius 3 is 2.75 bits per heavy atom. The van der Waals surface area contributed by atoms with Gasteiger partial charge in [-0.05, 0) is 37.6 Å². The van der Waals surface area contributed by atoms with Gasteiger partial charge < -0.3 is 10.6 Å². The number of hydrogen-bond acceptors (Lipinski definition) is 4. The second-order valence-corrected chi connectivity index (χ2v) is 6.02. The minimum absolute atomic E-state index is 0.00346. The van der Waals surface area contributed by atoms with Gasteiger partial charge in [0.05, 0.1) is 6.20 Å². The summed E-state index contributed by atoms with van der Waals surface area (Å²) in [5.41, 5.74) is 6.13.